The molecule has 1 aliphatic heterocycles. The normalized spacial score (nSPS) is 12.2. The number of aromatic nitrogens is 3. The first-order valence-corrected chi connectivity index (χ1v) is 7.89. The summed E-state index contributed by atoms with van der Waals surface area (Å²) in [5.74, 6) is 1.15. The highest BCUT2D eigenvalue weighted by Gasteiger charge is 2.14. The van der Waals surface area contributed by atoms with E-state index in [9.17, 15) is 4.79 Å². The van der Waals surface area contributed by atoms with Crippen LogP contribution in [0, 0.1) is 0 Å². The van der Waals surface area contributed by atoms with Crippen LogP contribution in [0.5, 0.6) is 11.5 Å². The second kappa shape index (κ2) is 6.64. The lowest BCUT2D eigenvalue weighted by atomic mass is 10.2. The number of rotatable bonds is 5. The Kier molecular flexibility index (Phi) is 4.04. The molecule has 25 heavy (non-hydrogen) atoms. The van der Waals surface area contributed by atoms with Crippen molar-refractivity contribution in [2.75, 3.05) is 6.79 Å². The van der Waals surface area contributed by atoms with Gasteiger partial charge in [-0.25, -0.2) is 4.68 Å². The Morgan fingerprint density at radius 2 is 1.92 bits per heavy atom. The molecule has 0 bridgehead atoms. The number of nitrogens with one attached hydrogen (secondary N) is 1. The fraction of sp³-hybridized carbons (Fsp3) is 0.167. The summed E-state index contributed by atoms with van der Waals surface area (Å²) in [7, 11) is 0. The van der Waals surface area contributed by atoms with Crippen LogP contribution in [-0.4, -0.2) is 27.7 Å². The summed E-state index contributed by atoms with van der Waals surface area (Å²) in [4.78, 5) is 12.2. The van der Waals surface area contributed by atoms with Gasteiger partial charge in [-0.1, -0.05) is 41.6 Å². The maximum absolute atomic E-state index is 12.2. The van der Waals surface area contributed by atoms with Gasteiger partial charge in [-0.15, -0.1) is 5.10 Å². The Balaban J connectivity index is 1.37. The van der Waals surface area contributed by atoms with Gasteiger partial charge in [-0.05, 0) is 23.3 Å². The molecule has 0 aliphatic carbocycles. The van der Waals surface area contributed by atoms with E-state index >= 15 is 0 Å². The van der Waals surface area contributed by atoms with Crippen LogP contribution in [0.1, 0.15) is 21.6 Å². The largest absolute Gasteiger partial charge is 0.454 e. The van der Waals surface area contributed by atoms with Crippen LogP contribution >= 0.6 is 0 Å². The number of benzene rings is 2. The maximum atomic E-state index is 12.2. The summed E-state index contributed by atoms with van der Waals surface area (Å²) in [6.45, 7) is 1.18. The van der Waals surface area contributed by atoms with Gasteiger partial charge < -0.3 is 14.8 Å². The van der Waals surface area contributed by atoms with Crippen LogP contribution in [-0.2, 0) is 13.1 Å². The Labute approximate surface area is 144 Å². The minimum absolute atomic E-state index is 0.232. The van der Waals surface area contributed by atoms with Crippen molar-refractivity contribution in [2.24, 2.45) is 0 Å². The minimum Gasteiger partial charge on any atom is -0.454 e. The summed E-state index contributed by atoms with van der Waals surface area (Å²) in [6, 6.07) is 15.5. The third-order valence-corrected chi connectivity index (χ3v) is 3.85. The number of nitrogens with zero attached hydrogens (tertiary/aromatic N) is 3. The smallest absolute Gasteiger partial charge is 0.273 e. The molecule has 0 saturated carbocycles. The Morgan fingerprint density at radius 1 is 1.08 bits per heavy atom. The average Bonchev–Trinajstić information content (AvgIpc) is 3.29. The Hall–Kier alpha value is -3.35. The van der Waals surface area contributed by atoms with Crippen molar-refractivity contribution in [3.8, 4) is 11.5 Å². The highest BCUT2D eigenvalue weighted by molar-refractivity contribution is 5.91. The lowest BCUT2D eigenvalue weighted by Gasteiger charge is -2.04. The predicted octanol–water partition coefficient (Wildman–Crippen LogP) is 1.99. The highest BCUT2D eigenvalue weighted by Crippen LogP contribution is 2.32. The molecule has 1 amide bonds. The lowest BCUT2D eigenvalue weighted by molar-refractivity contribution is 0.0945. The molecular weight excluding hydrogens is 320 g/mol. The molecule has 4 rings (SSSR count). The van der Waals surface area contributed by atoms with E-state index in [1.165, 1.54) is 0 Å². The number of hydrogen-bond acceptors (Lipinski definition) is 5. The first-order valence-electron chi connectivity index (χ1n) is 7.89. The summed E-state index contributed by atoms with van der Waals surface area (Å²) >= 11 is 0. The molecule has 1 N–H and O–H groups in total. The van der Waals surface area contributed by atoms with Crippen LogP contribution in [0.25, 0.3) is 0 Å². The van der Waals surface area contributed by atoms with E-state index in [4.69, 9.17) is 9.47 Å². The Bertz CT molecular complexity index is 892. The van der Waals surface area contributed by atoms with Crippen molar-refractivity contribution < 1.29 is 14.3 Å². The fourth-order valence-corrected chi connectivity index (χ4v) is 2.57. The van der Waals surface area contributed by atoms with Gasteiger partial charge in [0.25, 0.3) is 5.91 Å². The number of ether oxygens (including phenoxy) is 2. The third kappa shape index (κ3) is 3.45. The molecule has 7 nitrogen and oxygen atoms in total. The SMILES string of the molecule is O=C(NCc1ccc2c(c1)OCO2)c1cn(Cc2ccccc2)nn1. The molecule has 2 heterocycles. The van der Waals surface area contributed by atoms with E-state index in [1.807, 2.05) is 48.5 Å². The monoisotopic (exact) mass is 336 g/mol. The molecule has 0 fully saturated rings. The Morgan fingerprint density at radius 3 is 2.80 bits per heavy atom. The molecule has 2 aromatic carbocycles. The second-order valence-corrected chi connectivity index (χ2v) is 5.66. The van der Waals surface area contributed by atoms with Gasteiger partial charge in [-0.3, -0.25) is 4.79 Å². The van der Waals surface area contributed by atoms with Crippen LogP contribution < -0.4 is 14.8 Å². The number of hydrogen-bond donors (Lipinski definition) is 1. The summed E-state index contributed by atoms with van der Waals surface area (Å²) in [5.41, 5.74) is 2.31. The summed E-state index contributed by atoms with van der Waals surface area (Å²) in [6.07, 6.45) is 1.64. The zero-order valence-corrected chi connectivity index (χ0v) is 13.4. The number of carbonyl (C=O) groups excluding carboxylic acids is 1. The lowest BCUT2D eigenvalue weighted by Crippen LogP contribution is -2.23. The number of fused-ring (bicyclic) bond motifs is 1. The molecule has 1 aromatic heterocycles. The molecule has 0 radical (unpaired) electrons. The van der Waals surface area contributed by atoms with Gasteiger partial charge in [0.1, 0.15) is 0 Å². The topological polar surface area (TPSA) is 78.3 Å². The predicted molar refractivity (Wildman–Crippen MR) is 89.3 cm³/mol. The third-order valence-electron chi connectivity index (χ3n) is 3.85. The van der Waals surface area contributed by atoms with E-state index in [2.05, 4.69) is 15.6 Å². The average molecular weight is 336 g/mol. The second-order valence-electron chi connectivity index (χ2n) is 5.66. The molecule has 126 valence electrons. The maximum Gasteiger partial charge on any atom is 0.273 e. The van der Waals surface area contributed by atoms with Crippen LogP contribution in [0.4, 0.5) is 0 Å². The van der Waals surface area contributed by atoms with Crippen molar-refractivity contribution in [3.05, 3.63) is 71.5 Å². The van der Waals surface area contributed by atoms with Gasteiger partial charge in [-0.2, -0.15) is 0 Å². The zero-order chi connectivity index (χ0) is 17.1. The van der Waals surface area contributed by atoms with Crippen molar-refractivity contribution in [2.45, 2.75) is 13.1 Å². The molecule has 3 aromatic rings. The van der Waals surface area contributed by atoms with Crippen molar-refractivity contribution in [3.63, 3.8) is 0 Å². The molecule has 0 atom stereocenters. The van der Waals surface area contributed by atoms with Gasteiger partial charge in [0, 0.05) is 6.54 Å². The first-order chi connectivity index (χ1) is 12.3. The minimum atomic E-state index is -0.267. The summed E-state index contributed by atoms with van der Waals surface area (Å²) in [5, 5.41) is 10.8. The van der Waals surface area contributed by atoms with Gasteiger partial charge in [0.2, 0.25) is 6.79 Å². The van der Waals surface area contributed by atoms with Gasteiger partial charge >= 0.3 is 0 Å². The molecule has 7 heteroatoms. The van der Waals surface area contributed by atoms with Crippen LogP contribution in [0.15, 0.2) is 54.7 Å². The van der Waals surface area contributed by atoms with Crippen molar-refractivity contribution in [1.82, 2.24) is 20.3 Å². The van der Waals surface area contributed by atoms with Gasteiger partial charge in [0.15, 0.2) is 17.2 Å². The first kappa shape index (κ1) is 15.2. The number of carbonyl (C=O) groups is 1. The molecule has 0 saturated heterocycles. The standard InChI is InChI=1S/C18H16N4O3/c23-18(19-9-14-6-7-16-17(8-14)25-12-24-16)15-11-22(21-20-15)10-13-4-2-1-3-5-13/h1-8,11H,9-10,12H2,(H,19,23). The van der Waals surface area contributed by atoms with Crippen molar-refractivity contribution >= 4 is 5.91 Å². The zero-order valence-electron chi connectivity index (χ0n) is 13.4. The molecular formula is C18H16N4O3. The molecule has 1 aliphatic rings. The van der Waals surface area contributed by atoms with E-state index in [0.29, 0.717) is 18.8 Å². The molecule has 0 spiro atoms. The van der Waals surface area contributed by atoms with Gasteiger partial charge in [0.05, 0.1) is 12.7 Å². The summed E-state index contributed by atoms with van der Waals surface area (Å²) < 4.78 is 12.2. The fourth-order valence-electron chi connectivity index (χ4n) is 2.57. The quantitative estimate of drug-likeness (QED) is 0.771. The van der Waals surface area contributed by atoms with Crippen molar-refractivity contribution in [1.29, 1.82) is 0 Å². The van der Waals surface area contributed by atoms with E-state index in [0.717, 1.165) is 16.9 Å². The highest BCUT2D eigenvalue weighted by atomic mass is 16.7. The number of amides is 1. The van der Waals surface area contributed by atoms with E-state index in [1.54, 1.807) is 10.9 Å². The van der Waals surface area contributed by atoms with E-state index < -0.39 is 0 Å². The van der Waals surface area contributed by atoms with E-state index in [-0.39, 0.29) is 18.4 Å². The van der Waals surface area contributed by atoms with Crippen LogP contribution in [0.3, 0.4) is 0 Å². The molecule has 0 unspecified atom stereocenters. The van der Waals surface area contributed by atoms with Crippen LogP contribution in [0.2, 0.25) is 0 Å².